The van der Waals surface area contributed by atoms with Crippen LogP contribution in [0.4, 0.5) is 0 Å². The molecule has 1 saturated heterocycles. The molecule has 1 aliphatic rings. The minimum absolute atomic E-state index is 0.284. The molecule has 2 atom stereocenters. The third-order valence-corrected chi connectivity index (χ3v) is 5.97. The zero-order chi connectivity index (χ0) is 23.5. The summed E-state index contributed by atoms with van der Waals surface area (Å²) in [6, 6.07) is 15.7. The number of benzene rings is 2. The lowest BCUT2D eigenvalue weighted by Gasteiger charge is -2.35. The summed E-state index contributed by atoms with van der Waals surface area (Å²) in [6.45, 7) is 11.4. The van der Waals surface area contributed by atoms with Gasteiger partial charge < -0.3 is 25.0 Å². The van der Waals surface area contributed by atoms with Gasteiger partial charge in [-0.25, -0.2) is 0 Å². The van der Waals surface area contributed by atoms with E-state index in [2.05, 4.69) is 15.1 Å². The molecule has 3 N–H and O–H groups in total. The van der Waals surface area contributed by atoms with E-state index < -0.39 is 12.2 Å². The van der Waals surface area contributed by atoms with Crippen LogP contribution in [0.25, 0.3) is 0 Å². The maximum Gasteiger partial charge on any atom is 0.122 e. The molecule has 33 heavy (non-hydrogen) atoms. The van der Waals surface area contributed by atoms with Crippen molar-refractivity contribution in [2.75, 3.05) is 65.6 Å². The SMILES string of the molecule is Cc1ccccc1OC[C@H](O)CNCCN1CCN(C[C@H](O)COc2ccccc2C)CC1. The average Bonchev–Trinajstić information content (AvgIpc) is 2.82. The van der Waals surface area contributed by atoms with Crippen LogP contribution < -0.4 is 14.8 Å². The number of aliphatic hydroxyl groups excluding tert-OH is 2. The number of hydrogen-bond acceptors (Lipinski definition) is 7. The molecule has 0 saturated carbocycles. The Morgan fingerprint density at radius 1 is 0.788 bits per heavy atom. The molecule has 2 aromatic carbocycles. The van der Waals surface area contributed by atoms with Crippen LogP contribution in [-0.4, -0.2) is 97.8 Å². The molecule has 0 amide bonds. The first kappa shape index (κ1) is 25.5. The summed E-state index contributed by atoms with van der Waals surface area (Å²) in [5.74, 6) is 1.65. The second-order valence-corrected chi connectivity index (χ2v) is 8.81. The molecule has 0 spiro atoms. The molecule has 1 fully saturated rings. The van der Waals surface area contributed by atoms with Crippen molar-refractivity contribution in [1.82, 2.24) is 15.1 Å². The van der Waals surface area contributed by atoms with Crippen LogP contribution in [0.5, 0.6) is 11.5 Å². The largest absolute Gasteiger partial charge is 0.491 e. The Hall–Kier alpha value is -2.16. The standard InChI is InChI=1S/C26H39N3O4/c1-21-7-3-5-9-25(21)32-19-23(30)17-27-11-12-28-13-15-29(16-14-28)18-24(31)20-33-26-10-6-4-8-22(26)2/h3-10,23-24,27,30-31H,11-20H2,1-2H3/t23-,24+/m1/s1. The van der Waals surface area contributed by atoms with Gasteiger partial charge in [0.2, 0.25) is 0 Å². The molecule has 0 aromatic heterocycles. The fourth-order valence-electron chi connectivity index (χ4n) is 3.92. The maximum absolute atomic E-state index is 10.4. The molecule has 3 rings (SSSR count). The van der Waals surface area contributed by atoms with Gasteiger partial charge in [-0.2, -0.15) is 0 Å². The molecule has 0 radical (unpaired) electrons. The number of para-hydroxylation sites is 2. The van der Waals surface area contributed by atoms with Crippen molar-refractivity contribution in [2.24, 2.45) is 0 Å². The number of β-amino-alcohol motifs (C(OH)–C–C–N with tert-alkyl or cyclic N) is 1. The molecule has 7 heteroatoms. The van der Waals surface area contributed by atoms with Crippen LogP contribution in [0.3, 0.4) is 0 Å². The van der Waals surface area contributed by atoms with Gasteiger partial charge in [0.1, 0.15) is 36.9 Å². The first-order valence-corrected chi connectivity index (χ1v) is 11.9. The average molecular weight is 458 g/mol. The number of ether oxygens (including phenoxy) is 2. The zero-order valence-corrected chi connectivity index (χ0v) is 19.9. The summed E-state index contributed by atoms with van der Waals surface area (Å²) < 4.78 is 11.5. The topological polar surface area (TPSA) is 77.4 Å². The van der Waals surface area contributed by atoms with E-state index >= 15 is 0 Å². The summed E-state index contributed by atoms with van der Waals surface area (Å²) in [5, 5.41) is 23.8. The zero-order valence-electron chi connectivity index (χ0n) is 19.9. The number of hydrogen-bond donors (Lipinski definition) is 3. The van der Waals surface area contributed by atoms with E-state index in [4.69, 9.17) is 9.47 Å². The lowest BCUT2D eigenvalue weighted by molar-refractivity contribution is 0.0458. The molecule has 182 valence electrons. The van der Waals surface area contributed by atoms with E-state index in [-0.39, 0.29) is 6.61 Å². The highest BCUT2D eigenvalue weighted by molar-refractivity contribution is 5.32. The van der Waals surface area contributed by atoms with Crippen LogP contribution in [0, 0.1) is 13.8 Å². The number of piperazine rings is 1. The van der Waals surface area contributed by atoms with E-state index in [1.807, 2.05) is 62.4 Å². The smallest absolute Gasteiger partial charge is 0.122 e. The van der Waals surface area contributed by atoms with E-state index in [0.29, 0.717) is 19.7 Å². The van der Waals surface area contributed by atoms with Gasteiger partial charge in [-0.15, -0.1) is 0 Å². The lowest BCUT2D eigenvalue weighted by atomic mass is 10.2. The quantitative estimate of drug-likeness (QED) is 0.395. The molecular formula is C26H39N3O4. The Bertz CT molecular complexity index is 824. The molecule has 0 bridgehead atoms. The van der Waals surface area contributed by atoms with Crippen molar-refractivity contribution in [3.05, 3.63) is 59.7 Å². The van der Waals surface area contributed by atoms with E-state index in [1.54, 1.807) is 0 Å². The van der Waals surface area contributed by atoms with Gasteiger partial charge in [-0.3, -0.25) is 9.80 Å². The highest BCUT2D eigenvalue weighted by atomic mass is 16.5. The van der Waals surface area contributed by atoms with Crippen molar-refractivity contribution in [1.29, 1.82) is 0 Å². The summed E-state index contributed by atoms with van der Waals surface area (Å²) >= 11 is 0. The summed E-state index contributed by atoms with van der Waals surface area (Å²) in [4.78, 5) is 4.71. The second kappa shape index (κ2) is 13.5. The van der Waals surface area contributed by atoms with Crippen molar-refractivity contribution in [3.8, 4) is 11.5 Å². The van der Waals surface area contributed by atoms with Crippen LogP contribution in [0.2, 0.25) is 0 Å². The molecular weight excluding hydrogens is 418 g/mol. The van der Waals surface area contributed by atoms with Gasteiger partial charge in [0.25, 0.3) is 0 Å². The lowest BCUT2D eigenvalue weighted by Crippen LogP contribution is -2.50. The predicted octanol–water partition coefficient (Wildman–Crippen LogP) is 1.69. The van der Waals surface area contributed by atoms with Crippen LogP contribution >= 0.6 is 0 Å². The Balaban J connectivity index is 1.22. The predicted molar refractivity (Wildman–Crippen MR) is 131 cm³/mol. The Morgan fingerprint density at radius 2 is 1.30 bits per heavy atom. The Kier molecular flexibility index (Phi) is 10.4. The minimum Gasteiger partial charge on any atom is -0.491 e. The van der Waals surface area contributed by atoms with E-state index in [1.165, 1.54) is 0 Å². The Labute approximate surface area is 197 Å². The molecule has 1 aliphatic heterocycles. The third kappa shape index (κ3) is 8.95. The number of nitrogens with one attached hydrogen (secondary N) is 1. The number of aliphatic hydroxyl groups is 2. The van der Waals surface area contributed by atoms with Gasteiger partial charge in [-0.1, -0.05) is 36.4 Å². The summed E-state index contributed by atoms with van der Waals surface area (Å²) in [5.41, 5.74) is 2.15. The van der Waals surface area contributed by atoms with Gasteiger partial charge in [-0.05, 0) is 37.1 Å². The fourth-order valence-corrected chi connectivity index (χ4v) is 3.92. The third-order valence-electron chi connectivity index (χ3n) is 5.97. The highest BCUT2D eigenvalue weighted by Crippen LogP contribution is 2.17. The normalized spacial score (nSPS) is 17.0. The molecule has 0 unspecified atom stereocenters. The van der Waals surface area contributed by atoms with Crippen LogP contribution in [-0.2, 0) is 0 Å². The summed E-state index contributed by atoms with van der Waals surface area (Å²) in [6.07, 6.45) is -1.04. The fraction of sp³-hybridized carbons (Fsp3) is 0.538. The van der Waals surface area contributed by atoms with Crippen LogP contribution in [0.15, 0.2) is 48.5 Å². The van der Waals surface area contributed by atoms with Crippen molar-refractivity contribution >= 4 is 0 Å². The van der Waals surface area contributed by atoms with Crippen molar-refractivity contribution < 1.29 is 19.7 Å². The molecule has 1 heterocycles. The second-order valence-electron chi connectivity index (χ2n) is 8.81. The summed E-state index contributed by atoms with van der Waals surface area (Å²) in [7, 11) is 0. The molecule has 7 nitrogen and oxygen atoms in total. The Morgan fingerprint density at radius 3 is 1.88 bits per heavy atom. The number of rotatable bonds is 13. The molecule has 0 aliphatic carbocycles. The van der Waals surface area contributed by atoms with E-state index in [9.17, 15) is 10.2 Å². The minimum atomic E-state index is -0.537. The maximum atomic E-state index is 10.4. The first-order valence-electron chi connectivity index (χ1n) is 11.9. The molecule has 2 aromatic rings. The highest BCUT2D eigenvalue weighted by Gasteiger charge is 2.19. The van der Waals surface area contributed by atoms with Crippen molar-refractivity contribution in [2.45, 2.75) is 26.1 Å². The van der Waals surface area contributed by atoms with Gasteiger partial charge in [0.05, 0.1) is 0 Å². The van der Waals surface area contributed by atoms with Crippen LogP contribution in [0.1, 0.15) is 11.1 Å². The van der Waals surface area contributed by atoms with Gasteiger partial charge >= 0.3 is 0 Å². The van der Waals surface area contributed by atoms with Crippen molar-refractivity contribution in [3.63, 3.8) is 0 Å². The first-order chi connectivity index (χ1) is 16.0. The monoisotopic (exact) mass is 457 g/mol. The van der Waals surface area contributed by atoms with Gasteiger partial charge in [0, 0.05) is 52.4 Å². The van der Waals surface area contributed by atoms with Gasteiger partial charge in [0.15, 0.2) is 0 Å². The number of nitrogens with zero attached hydrogens (tertiary/aromatic N) is 2. The van der Waals surface area contributed by atoms with E-state index in [0.717, 1.165) is 61.9 Å². The number of aryl methyl sites for hydroxylation is 2.